The molecule has 0 aromatic heterocycles. The lowest BCUT2D eigenvalue weighted by Gasteiger charge is -2.12. The number of nitrogens with one attached hydrogen (secondary N) is 1. The largest absolute Gasteiger partial charge is 0.502 e. The van der Waals surface area contributed by atoms with Crippen molar-refractivity contribution in [3.05, 3.63) is 40.5 Å². The summed E-state index contributed by atoms with van der Waals surface area (Å²) in [6.07, 6.45) is 4.93. The number of aromatic hydroxyl groups is 1. The number of sulfonamides is 1. The minimum Gasteiger partial charge on any atom is -0.502 e. The van der Waals surface area contributed by atoms with Crippen LogP contribution >= 0.6 is 0 Å². The van der Waals surface area contributed by atoms with E-state index < -0.39 is 26.4 Å². The van der Waals surface area contributed by atoms with E-state index in [4.69, 9.17) is 0 Å². The van der Waals surface area contributed by atoms with Crippen molar-refractivity contribution in [2.45, 2.75) is 23.8 Å². The van der Waals surface area contributed by atoms with Gasteiger partial charge in [0.2, 0.25) is 10.0 Å². The smallest absolute Gasteiger partial charge is 0.312 e. The van der Waals surface area contributed by atoms with E-state index in [-0.39, 0.29) is 10.9 Å². The molecule has 19 heavy (non-hydrogen) atoms. The van der Waals surface area contributed by atoms with Crippen LogP contribution in [0.15, 0.2) is 35.2 Å². The summed E-state index contributed by atoms with van der Waals surface area (Å²) in [5.74, 6) is -0.563. The van der Waals surface area contributed by atoms with Crippen molar-refractivity contribution in [3.63, 3.8) is 0 Å². The Morgan fingerprint density at radius 1 is 1.32 bits per heavy atom. The molecule has 0 bridgehead atoms. The molecule has 0 unspecified atom stereocenters. The van der Waals surface area contributed by atoms with Crippen LogP contribution in [0.1, 0.15) is 12.8 Å². The number of hydrogen-bond donors (Lipinski definition) is 2. The second-order valence-corrected chi connectivity index (χ2v) is 5.88. The number of benzene rings is 1. The molecule has 102 valence electrons. The maximum Gasteiger partial charge on any atom is 0.312 e. The van der Waals surface area contributed by atoms with Gasteiger partial charge in [0.15, 0.2) is 5.75 Å². The van der Waals surface area contributed by atoms with E-state index in [0.29, 0.717) is 12.8 Å². The molecule has 0 heterocycles. The minimum absolute atomic E-state index is 0.224. The van der Waals surface area contributed by atoms with Crippen LogP contribution in [0.3, 0.4) is 0 Å². The SMILES string of the molecule is O=[N+]([O-])c1cc(S(=O)(=O)NC2CC=CC2)ccc1O. The van der Waals surface area contributed by atoms with Crippen molar-refractivity contribution in [1.82, 2.24) is 4.72 Å². The summed E-state index contributed by atoms with van der Waals surface area (Å²) in [5.41, 5.74) is -0.632. The molecule has 1 aromatic carbocycles. The maximum absolute atomic E-state index is 12.0. The molecular formula is C11H12N2O5S. The Balaban J connectivity index is 2.29. The zero-order chi connectivity index (χ0) is 14.0. The first-order valence-electron chi connectivity index (χ1n) is 5.55. The number of phenols is 1. The van der Waals surface area contributed by atoms with Gasteiger partial charge in [-0.05, 0) is 25.0 Å². The summed E-state index contributed by atoms with van der Waals surface area (Å²) < 4.78 is 26.5. The van der Waals surface area contributed by atoms with E-state index in [2.05, 4.69) is 4.72 Å². The van der Waals surface area contributed by atoms with E-state index >= 15 is 0 Å². The summed E-state index contributed by atoms with van der Waals surface area (Å²) >= 11 is 0. The van der Waals surface area contributed by atoms with Crippen molar-refractivity contribution in [3.8, 4) is 5.75 Å². The number of nitro benzene ring substituents is 1. The lowest BCUT2D eigenvalue weighted by Crippen LogP contribution is -2.32. The van der Waals surface area contributed by atoms with Crippen LogP contribution in [0, 0.1) is 10.1 Å². The van der Waals surface area contributed by atoms with Gasteiger partial charge in [0.25, 0.3) is 0 Å². The summed E-state index contributed by atoms with van der Waals surface area (Å²) in [4.78, 5) is 9.61. The Bertz CT molecular complexity index is 630. The molecule has 0 fully saturated rings. The highest BCUT2D eigenvalue weighted by Gasteiger charge is 2.24. The molecular weight excluding hydrogens is 272 g/mol. The minimum atomic E-state index is -3.82. The number of hydrogen-bond acceptors (Lipinski definition) is 5. The summed E-state index contributed by atoms with van der Waals surface area (Å²) in [6, 6.07) is 2.75. The van der Waals surface area contributed by atoms with Crippen molar-refractivity contribution in [2.24, 2.45) is 0 Å². The average Bonchev–Trinajstić information content (AvgIpc) is 2.80. The van der Waals surface area contributed by atoms with Gasteiger partial charge in [-0.1, -0.05) is 12.2 Å². The molecule has 0 saturated heterocycles. The highest BCUT2D eigenvalue weighted by Crippen LogP contribution is 2.28. The first-order valence-corrected chi connectivity index (χ1v) is 7.03. The van der Waals surface area contributed by atoms with Crippen molar-refractivity contribution in [2.75, 3.05) is 0 Å². The van der Waals surface area contributed by atoms with E-state index in [1.54, 1.807) is 0 Å². The fourth-order valence-corrected chi connectivity index (χ4v) is 3.10. The molecule has 1 aliphatic rings. The van der Waals surface area contributed by atoms with Gasteiger partial charge in [-0.3, -0.25) is 10.1 Å². The molecule has 8 heteroatoms. The Hall–Kier alpha value is -1.93. The Kier molecular flexibility index (Phi) is 3.54. The number of rotatable bonds is 4. The predicted molar refractivity (Wildman–Crippen MR) is 67.2 cm³/mol. The number of nitro groups is 1. The van der Waals surface area contributed by atoms with Gasteiger partial charge >= 0.3 is 5.69 Å². The second-order valence-electron chi connectivity index (χ2n) is 4.17. The van der Waals surface area contributed by atoms with Crippen LogP contribution in [0.2, 0.25) is 0 Å². The van der Waals surface area contributed by atoms with Gasteiger partial charge in [0.05, 0.1) is 9.82 Å². The molecule has 2 rings (SSSR count). The van der Waals surface area contributed by atoms with Gasteiger partial charge in [-0.25, -0.2) is 13.1 Å². The van der Waals surface area contributed by atoms with Crippen molar-refractivity contribution in [1.29, 1.82) is 0 Å². The first kappa shape index (κ1) is 13.5. The van der Waals surface area contributed by atoms with Crippen molar-refractivity contribution < 1.29 is 18.4 Å². The first-order chi connectivity index (χ1) is 8.90. The maximum atomic E-state index is 12.0. The van der Waals surface area contributed by atoms with Gasteiger partial charge in [0.1, 0.15) is 0 Å². The molecule has 7 nitrogen and oxygen atoms in total. The third-order valence-corrected chi connectivity index (χ3v) is 4.30. The summed E-state index contributed by atoms with van der Waals surface area (Å²) in [7, 11) is -3.82. The van der Waals surface area contributed by atoms with Crippen LogP contribution in [0.5, 0.6) is 5.75 Å². The fraction of sp³-hybridized carbons (Fsp3) is 0.273. The van der Waals surface area contributed by atoms with Gasteiger partial charge < -0.3 is 5.11 Å². The summed E-state index contributed by atoms with van der Waals surface area (Å²) in [5, 5.41) is 20.0. The molecule has 2 N–H and O–H groups in total. The summed E-state index contributed by atoms with van der Waals surface area (Å²) in [6.45, 7) is 0. The number of phenolic OH excluding ortho intramolecular Hbond substituents is 1. The standard InChI is InChI=1S/C11H12N2O5S/c14-11-6-5-9(7-10(11)13(15)16)19(17,18)12-8-3-1-2-4-8/h1-2,5-8,12,14H,3-4H2. The third-order valence-electron chi connectivity index (χ3n) is 2.78. The van der Waals surface area contributed by atoms with E-state index in [1.165, 1.54) is 0 Å². The molecule has 0 saturated carbocycles. The lowest BCUT2D eigenvalue weighted by atomic mass is 10.3. The number of nitrogens with zero attached hydrogens (tertiary/aromatic N) is 1. The zero-order valence-corrected chi connectivity index (χ0v) is 10.6. The third kappa shape index (κ3) is 2.91. The van der Waals surface area contributed by atoms with Crippen molar-refractivity contribution >= 4 is 15.7 Å². The molecule has 0 amide bonds. The van der Waals surface area contributed by atoms with Gasteiger partial charge in [-0.2, -0.15) is 0 Å². The molecule has 0 radical (unpaired) electrons. The Labute approximate surface area is 109 Å². The average molecular weight is 284 g/mol. The lowest BCUT2D eigenvalue weighted by molar-refractivity contribution is -0.386. The van der Waals surface area contributed by atoms with Crippen LogP contribution < -0.4 is 4.72 Å². The van der Waals surface area contributed by atoms with Crippen LogP contribution in [-0.4, -0.2) is 24.5 Å². The van der Waals surface area contributed by atoms with E-state index in [9.17, 15) is 23.6 Å². The van der Waals surface area contributed by atoms with E-state index in [0.717, 1.165) is 18.2 Å². The molecule has 0 atom stereocenters. The predicted octanol–water partition coefficient (Wildman–Crippen LogP) is 1.30. The quantitative estimate of drug-likeness (QED) is 0.492. The topological polar surface area (TPSA) is 110 Å². The molecule has 0 aliphatic heterocycles. The highest BCUT2D eigenvalue weighted by molar-refractivity contribution is 7.89. The van der Waals surface area contributed by atoms with Gasteiger partial charge in [-0.15, -0.1) is 0 Å². The molecule has 1 aromatic rings. The monoisotopic (exact) mass is 284 g/mol. The van der Waals surface area contributed by atoms with Crippen LogP contribution in [-0.2, 0) is 10.0 Å². The van der Waals surface area contributed by atoms with Crippen LogP contribution in [0.4, 0.5) is 5.69 Å². The molecule has 0 spiro atoms. The normalized spacial score (nSPS) is 15.8. The zero-order valence-electron chi connectivity index (χ0n) is 9.81. The highest BCUT2D eigenvalue weighted by atomic mass is 32.2. The van der Waals surface area contributed by atoms with Gasteiger partial charge in [0, 0.05) is 12.1 Å². The molecule has 1 aliphatic carbocycles. The van der Waals surface area contributed by atoms with E-state index in [1.807, 2.05) is 12.2 Å². The fourth-order valence-electron chi connectivity index (χ4n) is 1.82. The van der Waals surface area contributed by atoms with Crippen LogP contribution in [0.25, 0.3) is 0 Å². The Morgan fingerprint density at radius 3 is 2.53 bits per heavy atom. The second kappa shape index (κ2) is 4.98. The Morgan fingerprint density at radius 2 is 1.95 bits per heavy atom.